The maximum absolute atomic E-state index is 11.4. The Kier molecular flexibility index (Phi) is 8.12. The summed E-state index contributed by atoms with van der Waals surface area (Å²) in [5.41, 5.74) is 0. The van der Waals surface area contributed by atoms with Crippen molar-refractivity contribution in [2.75, 3.05) is 19.6 Å². The number of hydrogen-bond donors (Lipinski definition) is 4. The molecule has 0 aliphatic heterocycles. The molecule has 1 amide bonds. The van der Waals surface area contributed by atoms with Crippen LogP contribution in [0.4, 0.5) is 0 Å². The Hall–Kier alpha value is -1.30. The fourth-order valence-corrected chi connectivity index (χ4v) is 2.28. The van der Waals surface area contributed by atoms with Crippen LogP contribution in [0.25, 0.3) is 0 Å². The van der Waals surface area contributed by atoms with E-state index in [1.54, 1.807) is 0 Å². The van der Waals surface area contributed by atoms with E-state index in [1.807, 2.05) is 20.8 Å². The summed E-state index contributed by atoms with van der Waals surface area (Å²) >= 11 is 0. The highest BCUT2D eigenvalue weighted by molar-refractivity contribution is 5.80. The van der Waals surface area contributed by atoms with Crippen LogP contribution in [-0.2, 0) is 4.79 Å². The Morgan fingerprint density at radius 2 is 1.90 bits per heavy atom. The minimum absolute atomic E-state index is 0.00834. The van der Waals surface area contributed by atoms with E-state index in [-0.39, 0.29) is 17.9 Å². The zero-order chi connectivity index (χ0) is 15.7. The first kappa shape index (κ1) is 17.8. The minimum atomic E-state index is -0.145. The molecule has 0 saturated heterocycles. The zero-order valence-corrected chi connectivity index (χ0v) is 13.5. The molecular formula is C15H30N4O2. The maximum atomic E-state index is 11.4. The summed E-state index contributed by atoms with van der Waals surface area (Å²) < 4.78 is 0. The third-order valence-electron chi connectivity index (χ3n) is 3.59. The first-order chi connectivity index (χ1) is 10.0. The molecule has 6 heteroatoms. The lowest BCUT2D eigenvalue weighted by molar-refractivity contribution is -0.123. The number of nitrogens with one attached hydrogen (secondary N) is 3. The van der Waals surface area contributed by atoms with Crippen LogP contribution in [0.2, 0.25) is 0 Å². The van der Waals surface area contributed by atoms with Crippen molar-refractivity contribution in [3.05, 3.63) is 0 Å². The van der Waals surface area contributed by atoms with Gasteiger partial charge in [-0.2, -0.15) is 0 Å². The fourth-order valence-electron chi connectivity index (χ4n) is 2.28. The lowest BCUT2D eigenvalue weighted by Crippen LogP contribution is -2.45. The first-order valence-electron chi connectivity index (χ1n) is 8.03. The van der Waals surface area contributed by atoms with E-state index in [1.165, 1.54) is 0 Å². The van der Waals surface area contributed by atoms with Crippen molar-refractivity contribution in [2.24, 2.45) is 10.9 Å². The molecule has 0 aromatic rings. The number of aliphatic hydroxyl groups excluding tert-OH is 1. The molecule has 21 heavy (non-hydrogen) atoms. The number of nitrogens with zero attached hydrogens (tertiary/aromatic N) is 1. The lowest BCUT2D eigenvalue weighted by atomic mass is 9.93. The molecule has 0 aromatic heterocycles. The molecule has 122 valence electrons. The zero-order valence-electron chi connectivity index (χ0n) is 13.5. The van der Waals surface area contributed by atoms with Gasteiger partial charge < -0.3 is 21.1 Å². The molecule has 0 bridgehead atoms. The summed E-state index contributed by atoms with van der Waals surface area (Å²) in [5.74, 6) is 0.858. The average Bonchev–Trinajstić information content (AvgIpc) is 2.45. The minimum Gasteiger partial charge on any atom is -0.393 e. The van der Waals surface area contributed by atoms with Crippen LogP contribution in [0.5, 0.6) is 0 Å². The Bertz CT molecular complexity index is 337. The Morgan fingerprint density at radius 1 is 1.24 bits per heavy atom. The second-order valence-electron chi connectivity index (χ2n) is 5.86. The van der Waals surface area contributed by atoms with E-state index in [0.717, 1.165) is 38.2 Å². The molecule has 0 heterocycles. The van der Waals surface area contributed by atoms with Crippen molar-refractivity contribution in [2.45, 2.75) is 58.6 Å². The van der Waals surface area contributed by atoms with Crippen molar-refractivity contribution in [1.29, 1.82) is 0 Å². The number of hydrogen-bond acceptors (Lipinski definition) is 3. The van der Waals surface area contributed by atoms with Gasteiger partial charge in [0.2, 0.25) is 5.91 Å². The number of guanidine groups is 1. The van der Waals surface area contributed by atoms with Crippen LogP contribution in [-0.4, -0.2) is 48.8 Å². The van der Waals surface area contributed by atoms with Gasteiger partial charge in [-0.15, -0.1) is 0 Å². The largest absolute Gasteiger partial charge is 0.393 e. The highest BCUT2D eigenvalue weighted by Crippen LogP contribution is 2.18. The van der Waals surface area contributed by atoms with Gasteiger partial charge in [-0.1, -0.05) is 13.8 Å². The summed E-state index contributed by atoms with van der Waals surface area (Å²) in [6, 6.07) is 0.372. The van der Waals surface area contributed by atoms with Gasteiger partial charge in [0.1, 0.15) is 0 Å². The number of aliphatic imine (C=N–C) groups is 1. The normalized spacial score (nSPS) is 23.0. The molecule has 6 nitrogen and oxygen atoms in total. The first-order valence-corrected chi connectivity index (χ1v) is 8.03. The van der Waals surface area contributed by atoms with E-state index >= 15 is 0 Å². The number of amides is 1. The molecule has 0 spiro atoms. The van der Waals surface area contributed by atoms with E-state index in [0.29, 0.717) is 19.1 Å². The summed E-state index contributed by atoms with van der Waals surface area (Å²) in [7, 11) is 0. The van der Waals surface area contributed by atoms with Gasteiger partial charge in [-0.25, -0.2) is 0 Å². The average molecular weight is 298 g/mol. The highest BCUT2D eigenvalue weighted by Gasteiger charge is 2.19. The topological polar surface area (TPSA) is 85.8 Å². The van der Waals surface area contributed by atoms with Gasteiger partial charge in [0, 0.05) is 25.0 Å². The van der Waals surface area contributed by atoms with Crippen molar-refractivity contribution >= 4 is 11.9 Å². The monoisotopic (exact) mass is 298 g/mol. The van der Waals surface area contributed by atoms with Gasteiger partial charge in [-0.05, 0) is 32.6 Å². The molecule has 0 aromatic carbocycles. The molecule has 1 rings (SSSR count). The second-order valence-corrected chi connectivity index (χ2v) is 5.86. The van der Waals surface area contributed by atoms with E-state index in [9.17, 15) is 9.90 Å². The quantitative estimate of drug-likeness (QED) is 0.329. The van der Waals surface area contributed by atoms with E-state index < -0.39 is 0 Å². The van der Waals surface area contributed by atoms with Gasteiger partial charge in [-0.3, -0.25) is 9.79 Å². The van der Waals surface area contributed by atoms with Gasteiger partial charge in [0.05, 0.1) is 12.6 Å². The van der Waals surface area contributed by atoms with Gasteiger partial charge >= 0.3 is 0 Å². The molecule has 1 saturated carbocycles. The van der Waals surface area contributed by atoms with Crippen LogP contribution in [0.1, 0.15) is 46.5 Å². The number of carbonyl (C=O) groups excluding carboxylic acids is 1. The van der Waals surface area contributed by atoms with Crippen molar-refractivity contribution in [3.8, 4) is 0 Å². The molecule has 1 fully saturated rings. The molecule has 1 aliphatic rings. The van der Waals surface area contributed by atoms with Crippen LogP contribution in [0.15, 0.2) is 4.99 Å². The van der Waals surface area contributed by atoms with E-state index in [2.05, 4.69) is 20.9 Å². The van der Waals surface area contributed by atoms with Gasteiger partial charge in [0.15, 0.2) is 5.96 Å². The van der Waals surface area contributed by atoms with Gasteiger partial charge in [0.25, 0.3) is 0 Å². The second kappa shape index (κ2) is 9.60. The predicted octanol–water partition coefficient (Wildman–Crippen LogP) is 0.617. The maximum Gasteiger partial charge on any atom is 0.222 e. The Labute approximate surface area is 127 Å². The summed E-state index contributed by atoms with van der Waals surface area (Å²) in [6.45, 7) is 7.70. The third-order valence-corrected chi connectivity index (χ3v) is 3.59. The molecule has 0 radical (unpaired) electrons. The third kappa shape index (κ3) is 7.32. The summed E-state index contributed by atoms with van der Waals surface area (Å²) in [4.78, 5) is 15.9. The van der Waals surface area contributed by atoms with Crippen LogP contribution in [0, 0.1) is 5.92 Å². The summed E-state index contributed by atoms with van der Waals surface area (Å²) in [5, 5.41) is 19.0. The van der Waals surface area contributed by atoms with Crippen molar-refractivity contribution in [3.63, 3.8) is 0 Å². The molecule has 4 N–H and O–H groups in total. The van der Waals surface area contributed by atoms with Crippen LogP contribution >= 0.6 is 0 Å². The smallest absolute Gasteiger partial charge is 0.222 e. The fraction of sp³-hybridized carbons (Fsp3) is 0.867. The Balaban J connectivity index is 2.34. The molecular weight excluding hydrogens is 268 g/mol. The number of rotatable bonds is 6. The lowest BCUT2D eigenvalue weighted by Gasteiger charge is -2.27. The van der Waals surface area contributed by atoms with E-state index in [4.69, 9.17) is 0 Å². The van der Waals surface area contributed by atoms with Crippen molar-refractivity contribution in [1.82, 2.24) is 16.0 Å². The van der Waals surface area contributed by atoms with Crippen molar-refractivity contribution < 1.29 is 9.90 Å². The SMILES string of the molecule is CCNC(=NCCNC(=O)C(C)C)NC1CCC(O)CC1. The van der Waals surface area contributed by atoms with Crippen LogP contribution in [0.3, 0.4) is 0 Å². The summed E-state index contributed by atoms with van der Waals surface area (Å²) in [6.07, 6.45) is 3.49. The molecule has 1 aliphatic carbocycles. The highest BCUT2D eigenvalue weighted by atomic mass is 16.3. The number of carbonyl (C=O) groups is 1. The Morgan fingerprint density at radius 3 is 2.48 bits per heavy atom. The van der Waals surface area contributed by atoms with Crippen LogP contribution < -0.4 is 16.0 Å². The predicted molar refractivity (Wildman–Crippen MR) is 85.2 cm³/mol. The molecule has 0 atom stereocenters. The molecule has 0 unspecified atom stereocenters. The standard InChI is InChI=1S/C15H30N4O2/c1-4-16-15(18-10-9-17-14(21)11(2)3)19-12-5-7-13(20)8-6-12/h11-13,20H,4-10H2,1-3H3,(H,17,21)(H2,16,18,19). The number of aliphatic hydroxyl groups is 1.